The number of halogens is 4. The van der Waals surface area contributed by atoms with Crippen molar-refractivity contribution in [3.8, 4) is 11.3 Å². The van der Waals surface area contributed by atoms with E-state index in [1.807, 2.05) is 0 Å². The van der Waals surface area contributed by atoms with Gasteiger partial charge < -0.3 is 9.73 Å². The second-order valence-electron chi connectivity index (χ2n) is 5.67. The Morgan fingerprint density at radius 2 is 2.00 bits per heavy atom. The van der Waals surface area contributed by atoms with Crippen LogP contribution in [0.1, 0.15) is 12.3 Å². The fourth-order valence-electron chi connectivity index (χ4n) is 2.44. The average molecular weight is 443 g/mol. The number of benzene rings is 2. The summed E-state index contributed by atoms with van der Waals surface area (Å²) in [7, 11) is 0. The van der Waals surface area contributed by atoms with E-state index in [2.05, 4.69) is 10.3 Å². The number of aryl methyl sites for hydroxylation is 1. The van der Waals surface area contributed by atoms with E-state index >= 15 is 0 Å². The van der Waals surface area contributed by atoms with E-state index in [0.29, 0.717) is 49.6 Å². The minimum absolute atomic E-state index is 0.0853. The Hall–Kier alpha value is -2.09. The van der Waals surface area contributed by atoms with Crippen molar-refractivity contribution in [2.45, 2.75) is 23.5 Å². The van der Waals surface area contributed by atoms with Crippen LogP contribution in [0.4, 0.5) is 14.5 Å². The van der Waals surface area contributed by atoms with Crippen LogP contribution in [-0.2, 0) is 11.2 Å². The fraction of sp³-hybridized carbons (Fsp3) is 0.158. The number of carbonyl (C=O) groups excluding carboxylic acids is 1. The normalized spacial score (nSPS) is 11.0. The number of hydrogen-bond donors (Lipinski definition) is 1. The molecule has 0 unspecified atom stereocenters. The highest BCUT2D eigenvalue weighted by molar-refractivity contribution is 7.99. The number of rotatable bonds is 7. The molecule has 9 heteroatoms. The Kier molecular flexibility index (Phi) is 6.93. The standard InChI is InChI=1S/C19H14Cl2F2N2O2S/c20-11-5-6-12(13(21)9-11)15-10-24-18(27-15)8-7-17(26)25-14-3-1-2-4-16(14)28-19(22)23/h1-6,9-10,19H,7-8H2,(H,25,26). The summed E-state index contributed by atoms with van der Waals surface area (Å²) in [4.78, 5) is 16.6. The molecule has 0 radical (unpaired) electrons. The summed E-state index contributed by atoms with van der Waals surface area (Å²) in [6.07, 6.45) is 1.86. The van der Waals surface area contributed by atoms with Crippen LogP contribution < -0.4 is 5.32 Å². The molecule has 0 spiro atoms. The van der Waals surface area contributed by atoms with Gasteiger partial charge in [-0.2, -0.15) is 8.78 Å². The zero-order valence-corrected chi connectivity index (χ0v) is 16.6. The quantitative estimate of drug-likeness (QED) is 0.422. The Morgan fingerprint density at radius 1 is 1.21 bits per heavy atom. The first kappa shape index (κ1) is 20.6. The van der Waals surface area contributed by atoms with Crippen molar-refractivity contribution in [3.63, 3.8) is 0 Å². The highest BCUT2D eigenvalue weighted by atomic mass is 35.5. The van der Waals surface area contributed by atoms with Gasteiger partial charge in [-0.25, -0.2) is 4.98 Å². The van der Waals surface area contributed by atoms with E-state index in [4.69, 9.17) is 27.6 Å². The summed E-state index contributed by atoms with van der Waals surface area (Å²) in [5, 5.41) is 3.58. The van der Waals surface area contributed by atoms with Crippen molar-refractivity contribution in [3.05, 3.63) is 64.6 Å². The number of aromatic nitrogens is 1. The van der Waals surface area contributed by atoms with Crippen LogP contribution in [0.5, 0.6) is 0 Å². The molecule has 0 aliphatic carbocycles. The summed E-state index contributed by atoms with van der Waals surface area (Å²) in [5.41, 5.74) is 0.992. The molecule has 1 heterocycles. The fourth-order valence-corrected chi connectivity index (χ4v) is 3.54. The molecular formula is C19H14Cl2F2N2O2S. The predicted octanol–water partition coefficient (Wildman–Crippen LogP) is 6.53. The lowest BCUT2D eigenvalue weighted by molar-refractivity contribution is -0.116. The maximum Gasteiger partial charge on any atom is 0.288 e. The number of oxazole rings is 1. The number of anilines is 1. The summed E-state index contributed by atoms with van der Waals surface area (Å²) in [5.74, 6) is -2.06. The van der Waals surface area contributed by atoms with Gasteiger partial charge in [-0.15, -0.1) is 0 Å². The SMILES string of the molecule is O=C(CCc1ncc(-c2ccc(Cl)cc2Cl)o1)Nc1ccccc1SC(F)F. The molecule has 0 saturated heterocycles. The van der Waals surface area contributed by atoms with Gasteiger partial charge in [-0.1, -0.05) is 47.1 Å². The van der Waals surface area contributed by atoms with Gasteiger partial charge in [-0.05, 0) is 30.3 Å². The van der Waals surface area contributed by atoms with Crippen LogP contribution >= 0.6 is 35.0 Å². The third-order valence-corrected chi connectivity index (χ3v) is 5.03. The number of nitrogens with zero attached hydrogens (tertiary/aromatic N) is 1. The second-order valence-corrected chi connectivity index (χ2v) is 7.54. The van der Waals surface area contributed by atoms with E-state index in [-0.39, 0.29) is 18.7 Å². The topological polar surface area (TPSA) is 55.1 Å². The number of amides is 1. The molecule has 0 saturated carbocycles. The van der Waals surface area contributed by atoms with Crippen LogP contribution in [0.3, 0.4) is 0 Å². The lowest BCUT2D eigenvalue weighted by Gasteiger charge is -2.09. The molecule has 28 heavy (non-hydrogen) atoms. The summed E-state index contributed by atoms with van der Waals surface area (Å²) < 4.78 is 30.9. The van der Waals surface area contributed by atoms with Gasteiger partial charge in [0.05, 0.1) is 16.9 Å². The zero-order chi connectivity index (χ0) is 20.1. The molecule has 4 nitrogen and oxygen atoms in total. The Morgan fingerprint density at radius 3 is 2.75 bits per heavy atom. The molecule has 0 atom stereocenters. The van der Waals surface area contributed by atoms with Gasteiger partial charge in [-0.3, -0.25) is 4.79 Å². The number of para-hydroxylation sites is 1. The molecule has 0 aliphatic heterocycles. The van der Waals surface area contributed by atoms with Gasteiger partial charge >= 0.3 is 0 Å². The van der Waals surface area contributed by atoms with Gasteiger partial charge in [0.15, 0.2) is 11.7 Å². The number of thioether (sulfide) groups is 1. The summed E-state index contributed by atoms with van der Waals surface area (Å²) >= 11 is 12.4. The molecule has 146 valence electrons. The molecule has 3 rings (SSSR count). The van der Waals surface area contributed by atoms with Crippen LogP contribution in [0, 0.1) is 0 Å². The first-order valence-corrected chi connectivity index (χ1v) is 9.80. The Balaban J connectivity index is 1.61. The number of nitrogens with one attached hydrogen (secondary N) is 1. The maximum absolute atomic E-state index is 12.6. The van der Waals surface area contributed by atoms with E-state index in [9.17, 15) is 13.6 Å². The smallest absolute Gasteiger partial charge is 0.288 e. The maximum atomic E-state index is 12.6. The largest absolute Gasteiger partial charge is 0.441 e. The molecule has 1 N–H and O–H groups in total. The highest BCUT2D eigenvalue weighted by Gasteiger charge is 2.14. The summed E-state index contributed by atoms with van der Waals surface area (Å²) in [6.45, 7) is 0. The lowest BCUT2D eigenvalue weighted by Crippen LogP contribution is -2.13. The van der Waals surface area contributed by atoms with Gasteiger partial charge in [0.25, 0.3) is 5.76 Å². The molecule has 1 aromatic heterocycles. The van der Waals surface area contributed by atoms with E-state index in [1.165, 1.54) is 12.3 Å². The van der Waals surface area contributed by atoms with Crippen LogP contribution in [0.2, 0.25) is 10.0 Å². The van der Waals surface area contributed by atoms with Crippen LogP contribution in [-0.4, -0.2) is 16.6 Å². The van der Waals surface area contributed by atoms with Gasteiger partial charge in [0.2, 0.25) is 5.91 Å². The van der Waals surface area contributed by atoms with Crippen molar-refractivity contribution < 1.29 is 18.0 Å². The van der Waals surface area contributed by atoms with Crippen LogP contribution in [0.15, 0.2) is 58.0 Å². The Bertz CT molecular complexity index is 982. The molecular weight excluding hydrogens is 429 g/mol. The first-order chi connectivity index (χ1) is 13.4. The van der Waals surface area contributed by atoms with Crippen molar-refractivity contribution in [1.82, 2.24) is 4.98 Å². The predicted molar refractivity (Wildman–Crippen MR) is 107 cm³/mol. The van der Waals surface area contributed by atoms with Crippen molar-refractivity contribution in [1.29, 1.82) is 0 Å². The van der Waals surface area contributed by atoms with Crippen LogP contribution in [0.25, 0.3) is 11.3 Å². The monoisotopic (exact) mass is 442 g/mol. The molecule has 1 amide bonds. The minimum atomic E-state index is -2.57. The van der Waals surface area contributed by atoms with E-state index < -0.39 is 5.76 Å². The molecule has 2 aromatic carbocycles. The van der Waals surface area contributed by atoms with E-state index in [1.54, 1.807) is 36.4 Å². The zero-order valence-electron chi connectivity index (χ0n) is 14.3. The second kappa shape index (κ2) is 9.41. The third kappa shape index (κ3) is 5.47. The molecule has 0 fully saturated rings. The average Bonchev–Trinajstić information content (AvgIpc) is 3.10. The van der Waals surface area contributed by atoms with Gasteiger partial charge in [0, 0.05) is 28.3 Å². The van der Waals surface area contributed by atoms with E-state index in [0.717, 1.165) is 0 Å². The Labute approximate surface area is 174 Å². The number of carbonyl (C=O) groups is 1. The third-order valence-electron chi connectivity index (χ3n) is 3.69. The van der Waals surface area contributed by atoms with Crippen molar-refractivity contribution in [2.75, 3.05) is 5.32 Å². The molecule has 0 bridgehead atoms. The molecule has 0 aliphatic rings. The van der Waals surface area contributed by atoms with Crippen molar-refractivity contribution >= 4 is 46.6 Å². The number of alkyl halides is 2. The van der Waals surface area contributed by atoms with Gasteiger partial charge in [0.1, 0.15) is 0 Å². The lowest BCUT2D eigenvalue weighted by atomic mass is 10.2. The summed E-state index contributed by atoms with van der Waals surface area (Å²) in [6, 6.07) is 11.4. The number of hydrogen-bond acceptors (Lipinski definition) is 4. The first-order valence-electron chi connectivity index (χ1n) is 8.16. The molecule has 3 aromatic rings. The highest BCUT2D eigenvalue weighted by Crippen LogP contribution is 2.32. The minimum Gasteiger partial charge on any atom is -0.441 e. The van der Waals surface area contributed by atoms with Crippen molar-refractivity contribution in [2.24, 2.45) is 0 Å².